The van der Waals surface area contributed by atoms with Gasteiger partial charge in [0.25, 0.3) is 0 Å². The third-order valence-electron chi connectivity index (χ3n) is 2.21. The number of carboxylic acids is 1. The van der Waals surface area contributed by atoms with Gasteiger partial charge in [-0.15, -0.1) is 12.3 Å². The van der Waals surface area contributed by atoms with E-state index < -0.39 is 11.5 Å². The molecule has 0 heterocycles. The normalized spacial score (nSPS) is 13.9. The van der Waals surface area contributed by atoms with Crippen LogP contribution in [0.15, 0.2) is 30.3 Å². The van der Waals surface area contributed by atoms with Crippen LogP contribution in [0.2, 0.25) is 0 Å². The predicted molar refractivity (Wildman–Crippen MR) is 58.2 cm³/mol. The minimum Gasteiger partial charge on any atom is -0.480 e. The highest BCUT2D eigenvalue weighted by Gasteiger charge is 2.33. The first kappa shape index (κ1) is 11.3. The molecule has 1 aromatic rings. The molecule has 15 heavy (non-hydrogen) atoms. The van der Waals surface area contributed by atoms with E-state index in [2.05, 4.69) is 5.92 Å². The summed E-state index contributed by atoms with van der Waals surface area (Å²) in [4.78, 5) is 11.0. The van der Waals surface area contributed by atoms with Crippen LogP contribution in [0.25, 0.3) is 0 Å². The number of nitrogens with two attached hydrogens (primary N) is 1. The lowest BCUT2D eigenvalue weighted by molar-refractivity contribution is -0.143. The minimum absolute atomic E-state index is 0.0250. The zero-order chi connectivity index (χ0) is 11.3. The molecule has 0 bridgehead atoms. The van der Waals surface area contributed by atoms with Gasteiger partial charge in [-0.25, -0.2) is 0 Å². The van der Waals surface area contributed by atoms with Gasteiger partial charge in [0.2, 0.25) is 0 Å². The molecule has 1 aromatic carbocycles. The molecular formula is C12H13NO2. The quantitative estimate of drug-likeness (QED) is 0.718. The molecular weight excluding hydrogens is 190 g/mol. The summed E-state index contributed by atoms with van der Waals surface area (Å²) in [5.74, 6) is 1.24. The second kappa shape index (κ2) is 4.63. The van der Waals surface area contributed by atoms with Crippen molar-refractivity contribution >= 4 is 5.97 Å². The van der Waals surface area contributed by atoms with Crippen LogP contribution in [0.1, 0.15) is 12.0 Å². The molecule has 0 saturated heterocycles. The van der Waals surface area contributed by atoms with Crippen LogP contribution in [-0.4, -0.2) is 16.6 Å². The van der Waals surface area contributed by atoms with E-state index in [1.165, 1.54) is 0 Å². The van der Waals surface area contributed by atoms with Crippen molar-refractivity contribution < 1.29 is 9.90 Å². The van der Waals surface area contributed by atoms with Crippen LogP contribution >= 0.6 is 0 Å². The second-order valence-electron chi connectivity index (χ2n) is 3.50. The van der Waals surface area contributed by atoms with Crippen molar-refractivity contribution in [1.82, 2.24) is 0 Å². The molecule has 0 fully saturated rings. The largest absolute Gasteiger partial charge is 0.480 e. The standard InChI is InChI=1S/C12H13NO2/c1-2-8-12(13,11(14)15)9-10-6-4-3-5-7-10/h1,3-7H,8-9,13H2,(H,14,15)/t12-/m0/s1. The van der Waals surface area contributed by atoms with Gasteiger partial charge in [0, 0.05) is 12.8 Å². The van der Waals surface area contributed by atoms with E-state index in [1.54, 1.807) is 0 Å². The summed E-state index contributed by atoms with van der Waals surface area (Å²) >= 11 is 0. The van der Waals surface area contributed by atoms with Crippen LogP contribution < -0.4 is 5.73 Å². The van der Waals surface area contributed by atoms with Crippen LogP contribution in [0.3, 0.4) is 0 Å². The first-order valence-corrected chi connectivity index (χ1v) is 4.58. The Morgan fingerprint density at radius 1 is 1.47 bits per heavy atom. The molecule has 0 radical (unpaired) electrons. The number of hydrogen-bond acceptors (Lipinski definition) is 2. The van der Waals surface area contributed by atoms with Gasteiger partial charge in [-0.3, -0.25) is 4.79 Å². The Bertz CT molecular complexity index is 380. The Morgan fingerprint density at radius 3 is 2.53 bits per heavy atom. The first-order valence-electron chi connectivity index (χ1n) is 4.58. The maximum atomic E-state index is 11.0. The van der Waals surface area contributed by atoms with E-state index in [4.69, 9.17) is 17.3 Å². The molecule has 1 atom stereocenters. The Balaban J connectivity index is 2.86. The fourth-order valence-corrected chi connectivity index (χ4v) is 1.36. The van der Waals surface area contributed by atoms with E-state index in [9.17, 15) is 4.79 Å². The lowest BCUT2D eigenvalue weighted by Gasteiger charge is -2.22. The van der Waals surface area contributed by atoms with Crippen LogP contribution in [-0.2, 0) is 11.2 Å². The molecule has 3 heteroatoms. The first-order chi connectivity index (χ1) is 7.08. The summed E-state index contributed by atoms with van der Waals surface area (Å²) in [6.45, 7) is 0. The average molecular weight is 203 g/mol. The van der Waals surface area contributed by atoms with Gasteiger partial charge < -0.3 is 10.8 Å². The van der Waals surface area contributed by atoms with Crippen molar-refractivity contribution in [2.75, 3.05) is 0 Å². The van der Waals surface area contributed by atoms with Crippen molar-refractivity contribution in [3.05, 3.63) is 35.9 Å². The average Bonchev–Trinajstić information content (AvgIpc) is 2.19. The van der Waals surface area contributed by atoms with Crippen molar-refractivity contribution in [1.29, 1.82) is 0 Å². The van der Waals surface area contributed by atoms with Gasteiger partial charge in [0.15, 0.2) is 0 Å². The number of hydrogen-bond donors (Lipinski definition) is 2. The van der Waals surface area contributed by atoms with Crippen molar-refractivity contribution in [3.63, 3.8) is 0 Å². The van der Waals surface area contributed by atoms with Gasteiger partial charge in [0.05, 0.1) is 0 Å². The fraction of sp³-hybridized carbons (Fsp3) is 0.250. The topological polar surface area (TPSA) is 63.3 Å². The smallest absolute Gasteiger partial charge is 0.325 e. The number of aliphatic carboxylic acids is 1. The third kappa shape index (κ3) is 2.83. The third-order valence-corrected chi connectivity index (χ3v) is 2.21. The van der Waals surface area contributed by atoms with E-state index in [0.717, 1.165) is 5.56 Å². The molecule has 0 saturated carbocycles. The number of rotatable bonds is 4. The molecule has 0 aliphatic carbocycles. The fourth-order valence-electron chi connectivity index (χ4n) is 1.36. The number of carboxylic acid groups (broad SMARTS) is 1. The summed E-state index contributed by atoms with van der Waals surface area (Å²) in [6, 6.07) is 9.22. The molecule has 3 N–H and O–H groups in total. The number of carbonyl (C=O) groups is 1. The molecule has 0 amide bonds. The minimum atomic E-state index is -1.36. The van der Waals surface area contributed by atoms with E-state index in [-0.39, 0.29) is 12.8 Å². The predicted octanol–water partition coefficient (Wildman–Crippen LogP) is 1.03. The molecule has 0 unspecified atom stereocenters. The highest BCUT2D eigenvalue weighted by Crippen LogP contribution is 2.14. The maximum Gasteiger partial charge on any atom is 0.325 e. The van der Waals surface area contributed by atoms with Gasteiger partial charge in [0.1, 0.15) is 5.54 Å². The summed E-state index contributed by atoms with van der Waals surface area (Å²) in [6.07, 6.45) is 5.38. The van der Waals surface area contributed by atoms with E-state index in [1.807, 2.05) is 30.3 Å². The Kier molecular flexibility index (Phi) is 3.48. The molecule has 3 nitrogen and oxygen atoms in total. The summed E-state index contributed by atoms with van der Waals surface area (Å²) in [5, 5.41) is 9.00. The zero-order valence-electron chi connectivity index (χ0n) is 8.31. The molecule has 78 valence electrons. The zero-order valence-corrected chi connectivity index (χ0v) is 8.31. The van der Waals surface area contributed by atoms with Gasteiger partial charge >= 0.3 is 5.97 Å². The molecule has 0 spiro atoms. The highest BCUT2D eigenvalue weighted by molar-refractivity contribution is 5.79. The Hall–Kier alpha value is -1.79. The lowest BCUT2D eigenvalue weighted by Crippen LogP contribution is -2.49. The molecule has 0 aliphatic rings. The molecule has 1 rings (SSSR count). The SMILES string of the molecule is C#CC[C@](N)(Cc1ccccc1)C(=O)O. The lowest BCUT2D eigenvalue weighted by atomic mass is 9.89. The summed E-state index contributed by atoms with van der Waals surface area (Å²) in [7, 11) is 0. The van der Waals surface area contributed by atoms with E-state index in [0.29, 0.717) is 0 Å². The highest BCUT2D eigenvalue weighted by atomic mass is 16.4. The van der Waals surface area contributed by atoms with Gasteiger partial charge in [-0.2, -0.15) is 0 Å². The Labute approximate surface area is 88.9 Å². The molecule has 0 aromatic heterocycles. The molecule has 0 aliphatic heterocycles. The van der Waals surface area contributed by atoms with Crippen molar-refractivity contribution in [3.8, 4) is 12.3 Å². The maximum absolute atomic E-state index is 11.0. The van der Waals surface area contributed by atoms with Gasteiger partial charge in [-0.05, 0) is 5.56 Å². The van der Waals surface area contributed by atoms with Crippen LogP contribution in [0.4, 0.5) is 0 Å². The van der Waals surface area contributed by atoms with Crippen LogP contribution in [0.5, 0.6) is 0 Å². The van der Waals surface area contributed by atoms with E-state index >= 15 is 0 Å². The van der Waals surface area contributed by atoms with Crippen LogP contribution in [0, 0.1) is 12.3 Å². The summed E-state index contributed by atoms with van der Waals surface area (Å²) in [5.41, 5.74) is 5.25. The van der Waals surface area contributed by atoms with Crippen molar-refractivity contribution in [2.45, 2.75) is 18.4 Å². The Morgan fingerprint density at radius 2 is 2.07 bits per heavy atom. The van der Waals surface area contributed by atoms with Gasteiger partial charge in [-0.1, -0.05) is 30.3 Å². The van der Waals surface area contributed by atoms with Crippen molar-refractivity contribution in [2.24, 2.45) is 5.73 Å². The number of benzene rings is 1. The number of terminal acetylenes is 1. The summed E-state index contributed by atoms with van der Waals surface area (Å²) < 4.78 is 0. The second-order valence-corrected chi connectivity index (χ2v) is 3.50. The monoisotopic (exact) mass is 203 g/mol.